The highest BCUT2D eigenvalue weighted by Crippen LogP contribution is 2.24. The number of ether oxygens (including phenoxy) is 2. The molecule has 1 aliphatic rings. The number of hydrogen-bond donors (Lipinski definition) is 0. The van der Waals surface area contributed by atoms with Gasteiger partial charge in [-0.3, -0.25) is 0 Å². The first-order chi connectivity index (χ1) is 15.1. The number of esters is 2. The smallest absolute Gasteiger partial charge is 0.337 e. The second-order valence-corrected chi connectivity index (χ2v) is 7.32. The van der Waals surface area contributed by atoms with Crippen LogP contribution in [0.4, 0.5) is 0 Å². The van der Waals surface area contributed by atoms with Crippen LogP contribution in [0, 0.1) is 0 Å². The summed E-state index contributed by atoms with van der Waals surface area (Å²) in [5, 5.41) is 0. The molecule has 1 heterocycles. The molecule has 0 saturated heterocycles. The SMILES string of the molecule is COC(=O)/C=C/N1CN(CCc2ccccc2)C=C(C(=O)OC)C1Cc1ccccc1. The molecule has 1 unspecified atom stereocenters. The first-order valence-corrected chi connectivity index (χ1v) is 10.2. The maximum atomic E-state index is 12.7. The van der Waals surface area contributed by atoms with Crippen LogP contribution in [0.5, 0.6) is 0 Å². The predicted molar refractivity (Wildman–Crippen MR) is 119 cm³/mol. The van der Waals surface area contributed by atoms with E-state index in [9.17, 15) is 9.59 Å². The highest BCUT2D eigenvalue weighted by molar-refractivity contribution is 5.90. The summed E-state index contributed by atoms with van der Waals surface area (Å²) < 4.78 is 9.84. The molecule has 31 heavy (non-hydrogen) atoms. The van der Waals surface area contributed by atoms with Gasteiger partial charge >= 0.3 is 11.9 Å². The van der Waals surface area contributed by atoms with Crippen LogP contribution in [0.2, 0.25) is 0 Å². The predicted octanol–water partition coefficient (Wildman–Crippen LogP) is 3.16. The minimum absolute atomic E-state index is 0.260. The van der Waals surface area contributed by atoms with Gasteiger partial charge in [-0.05, 0) is 24.0 Å². The van der Waals surface area contributed by atoms with E-state index < -0.39 is 5.97 Å². The van der Waals surface area contributed by atoms with E-state index in [4.69, 9.17) is 9.47 Å². The summed E-state index contributed by atoms with van der Waals surface area (Å²) >= 11 is 0. The highest BCUT2D eigenvalue weighted by atomic mass is 16.5. The molecule has 162 valence electrons. The molecular weight excluding hydrogens is 392 g/mol. The van der Waals surface area contributed by atoms with Gasteiger partial charge in [0.15, 0.2) is 0 Å². The third kappa shape index (κ3) is 6.22. The monoisotopic (exact) mass is 420 g/mol. The van der Waals surface area contributed by atoms with Gasteiger partial charge in [-0.2, -0.15) is 0 Å². The van der Waals surface area contributed by atoms with Crippen molar-refractivity contribution in [3.05, 3.63) is 95.8 Å². The molecule has 2 aromatic rings. The van der Waals surface area contributed by atoms with Gasteiger partial charge in [-0.25, -0.2) is 9.59 Å². The second-order valence-electron chi connectivity index (χ2n) is 7.32. The number of methoxy groups -OCH3 is 2. The van der Waals surface area contributed by atoms with Crippen molar-refractivity contribution >= 4 is 11.9 Å². The molecule has 6 nitrogen and oxygen atoms in total. The van der Waals surface area contributed by atoms with Crippen molar-refractivity contribution in [3.8, 4) is 0 Å². The van der Waals surface area contributed by atoms with E-state index >= 15 is 0 Å². The van der Waals surface area contributed by atoms with Crippen LogP contribution in [-0.4, -0.2) is 55.2 Å². The molecule has 0 aliphatic carbocycles. The summed E-state index contributed by atoms with van der Waals surface area (Å²) in [4.78, 5) is 28.5. The number of hydrogen-bond acceptors (Lipinski definition) is 6. The molecule has 0 amide bonds. The van der Waals surface area contributed by atoms with E-state index in [1.807, 2.05) is 59.6 Å². The molecule has 0 radical (unpaired) electrons. The molecule has 0 spiro atoms. The lowest BCUT2D eigenvalue weighted by atomic mass is 9.96. The molecule has 0 aromatic heterocycles. The summed E-state index contributed by atoms with van der Waals surface area (Å²) in [7, 11) is 2.73. The summed E-state index contributed by atoms with van der Waals surface area (Å²) in [6, 6.07) is 19.9. The summed E-state index contributed by atoms with van der Waals surface area (Å²) in [5.74, 6) is -0.815. The van der Waals surface area contributed by atoms with Gasteiger partial charge in [0, 0.05) is 25.0 Å². The quantitative estimate of drug-likeness (QED) is 0.483. The Morgan fingerprint density at radius 1 is 0.968 bits per heavy atom. The van der Waals surface area contributed by atoms with Gasteiger partial charge in [0.2, 0.25) is 0 Å². The largest absolute Gasteiger partial charge is 0.466 e. The van der Waals surface area contributed by atoms with Crippen LogP contribution < -0.4 is 0 Å². The Kier molecular flexibility index (Phi) is 7.87. The van der Waals surface area contributed by atoms with Crippen LogP contribution >= 0.6 is 0 Å². The maximum absolute atomic E-state index is 12.7. The van der Waals surface area contributed by atoms with Crippen molar-refractivity contribution in [1.82, 2.24) is 9.80 Å². The molecule has 0 bridgehead atoms. The van der Waals surface area contributed by atoms with Crippen molar-refractivity contribution in [2.24, 2.45) is 0 Å². The van der Waals surface area contributed by atoms with Gasteiger partial charge < -0.3 is 19.3 Å². The van der Waals surface area contributed by atoms with Crippen molar-refractivity contribution < 1.29 is 19.1 Å². The summed E-state index contributed by atoms with van der Waals surface area (Å²) in [6.07, 6.45) is 6.42. The average Bonchev–Trinajstić information content (AvgIpc) is 2.82. The first-order valence-electron chi connectivity index (χ1n) is 10.2. The molecular formula is C25H28N2O4. The van der Waals surface area contributed by atoms with E-state index in [1.165, 1.54) is 25.9 Å². The summed E-state index contributed by atoms with van der Waals surface area (Å²) in [5.41, 5.74) is 2.87. The molecule has 3 rings (SSSR count). The Morgan fingerprint density at radius 3 is 2.23 bits per heavy atom. The lowest BCUT2D eigenvalue weighted by molar-refractivity contribution is -0.137. The number of carbonyl (C=O) groups is 2. The Labute approximate surface area is 183 Å². The zero-order valence-corrected chi connectivity index (χ0v) is 17.9. The number of benzene rings is 2. The zero-order chi connectivity index (χ0) is 22.1. The zero-order valence-electron chi connectivity index (χ0n) is 17.9. The van der Waals surface area contributed by atoms with Gasteiger partial charge in [0.25, 0.3) is 0 Å². The fraction of sp³-hybridized carbons (Fsp3) is 0.280. The second kappa shape index (κ2) is 11.0. The number of carbonyl (C=O) groups excluding carboxylic acids is 2. The van der Waals surface area contributed by atoms with Crippen molar-refractivity contribution in [2.75, 3.05) is 27.4 Å². The Balaban J connectivity index is 1.88. The van der Waals surface area contributed by atoms with E-state index in [0.29, 0.717) is 18.7 Å². The van der Waals surface area contributed by atoms with Crippen LogP contribution in [0.25, 0.3) is 0 Å². The molecule has 0 N–H and O–H groups in total. The van der Waals surface area contributed by atoms with Crippen LogP contribution in [-0.2, 0) is 31.9 Å². The average molecular weight is 421 g/mol. The van der Waals surface area contributed by atoms with Gasteiger partial charge in [-0.15, -0.1) is 0 Å². The van der Waals surface area contributed by atoms with Gasteiger partial charge in [0.1, 0.15) is 0 Å². The Hall–Kier alpha value is -3.54. The Morgan fingerprint density at radius 2 is 1.61 bits per heavy atom. The normalized spacial score (nSPS) is 16.2. The first kappa shape index (κ1) is 22.2. The third-order valence-corrected chi connectivity index (χ3v) is 5.25. The minimum atomic E-state index is -0.441. The molecule has 2 aromatic carbocycles. The highest BCUT2D eigenvalue weighted by Gasteiger charge is 2.31. The van der Waals surface area contributed by atoms with Gasteiger partial charge in [-0.1, -0.05) is 60.7 Å². The van der Waals surface area contributed by atoms with Crippen LogP contribution in [0.1, 0.15) is 11.1 Å². The minimum Gasteiger partial charge on any atom is -0.466 e. The fourth-order valence-corrected chi connectivity index (χ4v) is 3.61. The van der Waals surface area contributed by atoms with E-state index in [-0.39, 0.29) is 12.0 Å². The lowest BCUT2D eigenvalue weighted by Crippen LogP contribution is -2.48. The molecule has 0 saturated carbocycles. The third-order valence-electron chi connectivity index (χ3n) is 5.25. The van der Waals surface area contributed by atoms with E-state index in [0.717, 1.165) is 18.5 Å². The fourth-order valence-electron chi connectivity index (χ4n) is 3.61. The number of rotatable bonds is 8. The molecule has 6 heteroatoms. The van der Waals surface area contributed by atoms with E-state index in [2.05, 4.69) is 17.0 Å². The van der Waals surface area contributed by atoms with E-state index in [1.54, 1.807) is 6.20 Å². The lowest BCUT2D eigenvalue weighted by Gasteiger charge is -2.40. The topological polar surface area (TPSA) is 59.1 Å². The molecule has 1 aliphatic heterocycles. The molecule has 1 atom stereocenters. The number of nitrogens with zero attached hydrogens (tertiary/aromatic N) is 2. The van der Waals surface area contributed by atoms with Crippen LogP contribution in [0.15, 0.2) is 84.7 Å². The Bertz CT molecular complexity index is 925. The van der Waals surface area contributed by atoms with Crippen molar-refractivity contribution in [1.29, 1.82) is 0 Å². The van der Waals surface area contributed by atoms with Crippen molar-refractivity contribution in [3.63, 3.8) is 0 Å². The summed E-state index contributed by atoms with van der Waals surface area (Å²) in [6.45, 7) is 1.27. The van der Waals surface area contributed by atoms with Crippen molar-refractivity contribution in [2.45, 2.75) is 18.9 Å². The standard InChI is InChI=1S/C25H28N2O4/c1-30-24(28)14-16-27-19-26(15-13-20-9-5-3-6-10-20)18-22(25(29)31-2)23(27)17-21-11-7-4-8-12-21/h3-12,14,16,18,23H,13,15,17,19H2,1-2H3/b16-14+. The maximum Gasteiger partial charge on any atom is 0.337 e. The van der Waals surface area contributed by atoms with Gasteiger partial charge in [0.05, 0.1) is 32.5 Å². The molecule has 0 fully saturated rings. The van der Waals surface area contributed by atoms with Crippen LogP contribution in [0.3, 0.4) is 0 Å².